The molecule has 0 N–H and O–H groups in total. The van der Waals surface area contributed by atoms with E-state index in [-0.39, 0.29) is 6.04 Å². The molecule has 1 amide bonds. The summed E-state index contributed by atoms with van der Waals surface area (Å²) >= 11 is 0. The van der Waals surface area contributed by atoms with Crippen molar-refractivity contribution in [2.75, 3.05) is 19.8 Å². The van der Waals surface area contributed by atoms with Gasteiger partial charge in [0.15, 0.2) is 0 Å². The summed E-state index contributed by atoms with van der Waals surface area (Å²) in [7, 11) is 0. The fraction of sp³-hybridized carbons (Fsp3) is 0.533. The molecule has 0 spiro atoms. The molecule has 3 nitrogen and oxygen atoms in total. The van der Waals surface area contributed by atoms with Crippen molar-refractivity contribution >= 4 is 5.91 Å². The van der Waals surface area contributed by atoms with Gasteiger partial charge in [-0.3, -0.25) is 4.79 Å². The Morgan fingerprint density at radius 2 is 2.06 bits per heavy atom. The molecule has 1 aromatic carbocycles. The van der Waals surface area contributed by atoms with Gasteiger partial charge in [-0.25, -0.2) is 0 Å². The Bertz CT molecular complexity index is 414. The van der Waals surface area contributed by atoms with Gasteiger partial charge in [0, 0.05) is 12.5 Å². The van der Waals surface area contributed by atoms with Gasteiger partial charge in [0.25, 0.3) is 0 Å². The first-order valence-corrected chi connectivity index (χ1v) is 6.77. The minimum Gasteiger partial charge on any atom is -0.377 e. The number of ether oxygens (including phenoxy) is 1. The zero-order valence-electron chi connectivity index (χ0n) is 10.5. The van der Waals surface area contributed by atoms with E-state index in [2.05, 4.69) is 12.1 Å². The zero-order chi connectivity index (χ0) is 12.4. The van der Waals surface area contributed by atoms with Crippen LogP contribution in [0.2, 0.25) is 0 Å². The van der Waals surface area contributed by atoms with E-state index in [0.29, 0.717) is 25.0 Å². The first kappa shape index (κ1) is 11.7. The molecule has 1 saturated heterocycles. The van der Waals surface area contributed by atoms with Crippen molar-refractivity contribution in [1.29, 1.82) is 0 Å². The van der Waals surface area contributed by atoms with Crippen LogP contribution in [0, 0.1) is 5.92 Å². The number of rotatable bonds is 3. The van der Waals surface area contributed by atoms with Crippen molar-refractivity contribution in [2.24, 2.45) is 5.92 Å². The van der Waals surface area contributed by atoms with E-state index < -0.39 is 0 Å². The number of carbonyl (C=O) groups is 1. The van der Waals surface area contributed by atoms with Crippen LogP contribution in [0.3, 0.4) is 0 Å². The lowest BCUT2D eigenvalue weighted by molar-refractivity contribution is -0.141. The molecule has 0 radical (unpaired) electrons. The largest absolute Gasteiger partial charge is 0.377 e. The second kappa shape index (κ2) is 5.11. The molecule has 1 aromatic rings. The molecule has 0 bridgehead atoms. The van der Waals surface area contributed by atoms with Gasteiger partial charge in [-0.05, 0) is 24.8 Å². The highest BCUT2D eigenvalue weighted by atomic mass is 16.5. The third-order valence-electron chi connectivity index (χ3n) is 3.75. The Morgan fingerprint density at radius 3 is 2.78 bits per heavy atom. The Kier molecular flexibility index (Phi) is 3.33. The fourth-order valence-corrected chi connectivity index (χ4v) is 2.57. The van der Waals surface area contributed by atoms with Crippen LogP contribution in [0.15, 0.2) is 30.3 Å². The number of morpholine rings is 1. The van der Waals surface area contributed by atoms with Crippen molar-refractivity contribution in [3.63, 3.8) is 0 Å². The lowest BCUT2D eigenvalue weighted by atomic mass is 10.0. The minimum atomic E-state index is 0.217. The summed E-state index contributed by atoms with van der Waals surface area (Å²) in [6.45, 7) is 2.12. The molecule has 1 aliphatic carbocycles. The van der Waals surface area contributed by atoms with Crippen LogP contribution in [0.5, 0.6) is 0 Å². The molecule has 2 fully saturated rings. The summed E-state index contributed by atoms with van der Waals surface area (Å²) in [6, 6.07) is 10.6. The first-order chi connectivity index (χ1) is 8.84. The van der Waals surface area contributed by atoms with Gasteiger partial charge in [-0.1, -0.05) is 30.3 Å². The molecule has 18 heavy (non-hydrogen) atoms. The normalized spacial score (nSPS) is 24.0. The van der Waals surface area contributed by atoms with Crippen molar-refractivity contribution in [2.45, 2.75) is 25.3 Å². The summed E-state index contributed by atoms with van der Waals surface area (Å²) in [6.07, 6.45) is 3.06. The molecular weight excluding hydrogens is 226 g/mol. The number of nitrogens with zero attached hydrogens (tertiary/aromatic N) is 1. The molecule has 1 unspecified atom stereocenters. The van der Waals surface area contributed by atoms with Gasteiger partial charge in [0.2, 0.25) is 5.91 Å². The van der Waals surface area contributed by atoms with Gasteiger partial charge in [0.05, 0.1) is 19.3 Å². The first-order valence-electron chi connectivity index (χ1n) is 6.77. The second-order valence-corrected chi connectivity index (χ2v) is 5.22. The van der Waals surface area contributed by atoms with Crippen molar-refractivity contribution < 1.29 is 9.53 Å². The Balaban J connectivity index is 1.69. The van der Waals surface area contributed by atoms with Crippen LogP contribution in [0.1, 0.15) is 18.4 Å². The Hall–Kier alpha value is -1.35. The standard InChI is InChI=1S/C15H19NO2/c17-15(13-6-7-13)16-8-9-18-11-14(16)10-12-4-2-1-3-5-12/h1-5,13-14H,6-11H2. The quantitative estimate of drug-likeness (QED) is 0.813. The Morgan fingerprint density at radius 1 is 1.28 bits per heavy atom. The fourth-order valence-electron chi connectivity index (χ4n) is 2.57. The van der Waals surface area contributed by atoms with Gasteiger partial charge < -0.3 is 9.64 Å². The lowest BCUT2D eigenvalue weighted by Crippen LogP contribution is -2.50. The van der Waals surface area contributed by atoms with E-state index in [0.717, 1.165) is 25.8 Å². The smallest absolute Gasteiger partial charge is 0.226 e. The lowest BCUT2D eigenvalue weighted by Gasteiger charge is -2.36. The average Bonchev–Trinajstić information content (AvgIpc) is 3.24. The molecule has 1 saturated carbocycles. The van der Waals surface area contributed by atoms with Gasteiger partial charge in [-0.2, -0.15) is 0 Å². The van der Waals surface area contributed by atoms with E-state index in [1.54, 1.807) is 0 Å². The number of hydrogen-bond donors (Lipinski definition) is 0. The van der Waals surface area contributed by atoms with Crippen LogP contribution in [-0.4, -0.2) is 36.6 Å². The highest BCUT2D eigenvalue weighted by Crippen LogP contribution is 2.32. The molecule has 1 heterocycles. The third kappa shape index (κ3) is 2.56. The van der Waals surface area contributed by atoms with E-state index in [4.69, 9.17) is 4.74 Å². The van der Waals surface area contributed by atoms with Crippen molar-refractivity contribution in [3.05, 3.63) is 35.9 Å². The molecule has 3 heteroatoms. The van der Waals surface area contributed by atoms with Gasteiger partial charge >= 0.3 is 0 Å². The number of benzene rings is 1. The number of carbonyl (C=O) groups excluding carboxylic acids is 1. The summed E-state index contributed by atoms with van der Waals surface area (Å²) in [5.74, 6) is 0.653. The van der Waals surface area contributed by atoms with E-state index in [9.17, 15) is 4.79 Å². The van der Waals surface area contributed by atoms with Crippen LogP contribution < -0.4 is 0 Å². The van der Waals surface area contributed by atoms with E-state index >= 15 is 0 Å². The third-order valence-corrected chi connectivity index (χ3v) is 3.75. The molecule has 2 aliphatic rings. The topological polar surface area (TPSA) is 29.5 Å². The molecule has 1 atom stereocenters. The number of hydrogen-bond acceptors (Lipinski definition) is 2. The van der Waals surface area contributed by atoms with Crippen molar-refractivity contribution in [3.8, 4) is 0 Å². The minimum absolute atomic E-state index is 0.217. The second-order valence-electron chi connectivity index (χ2n) is 5.22. The van der Waals surface area contributed by atoms with Crippen LogP contribution in [0.4, 0.5) is 0 Å². The molecule has 1 aliphatic heterocycles. The molecule has 0 aromatic heterocycles. The highest BCUT2D eigenvalue weighted by molar-refractivity contribution is 5.81. The monoisotopic (exact) mass is 245 g/mol. The SMILES string of the molecule is O=C(C1CC1)N1CCOCC1Cc1ccccc1. The predicted molar refractivity (Wildman–Crippen MR) is 69.2 cm³/mol. The van der Waals surface area contributed by atoms with Crippen molar-refractivity contribution in [1.82, 2.24) is 4.90 Å². The van der Waals surface area contributed by atoms with E-state index in [1.165, 1.54) is 5.56 Å². The molecule has 3 rings (SSSR count). The summed E-state index contributed by atoms with van der Waals surface area (Å²) in [4.78, 5) is 14.3. The summed E-state index contributed by atoms with van der Waals surface area (Å²) in [5.41, 5.74) is 1.28. The van der Waals surface area contributed by atoms with E-state index in [1.807, 2.05) is 23.1 Å². The molecular formula is C15H19NO2. The van der Waals surface area contributed by atoms with Gasteiger partial charge in [0.1, 0.15) is 0 Å². The summed E-state index contributed by atoms with van der Waals surface area (Å²) < 4.78 is 5.54. The maximum Gasteiger partial charge on any atom is 0.226 e. The summed E-state index contributed by atoms with van der Waals surface area (Å²) in [5, 5.41) is 0. The zero-order valence-corrected chi connectivity index (χ0v) is 10.5. The highest BCUT2D eigenvalue weighted by Gasteiger charge is 2.37. The number of amides is 1. The maximum absolute atomic E-state index is 12.2. The Labute approximate surface area is 108 Å². The van der Waals surface area contributed by atoms with Gasteiger partial charge in [-0.15, -0.1) is 0 Å². The molecule has 96 valence electrons. The average molecular weight is 245 g/mol. The maximum atomic E-state index is 12.2. The van der Waals surface area contributed by atoms with Crippen LogP contribution in [0.25, 0.3) is 0 Å². The van der Waals surface area contributed by atoms with Crippen LogP contribution in [-0.2, 0) is 16.0 Å². The van der Waals surface area contributed by atoms with Crippen LogP contribution >= 0.6 is 0 Å². The predicted octanol–water partition coefficient (Wildman–Crippen LogP) is 1.87.